The largest absolute Gasteiger partial charge is 0.494 e. The van der Waals surface area contributed by atoms with Crippen LogP contribution in [0.25, 0.3) is 0 Å². The number of carbonyl (C=O) groups is 1. The lowest BCUT2D eigenvalue weighted by Crippen LogP contribution is -2.20. The van der Waals surface area contributed by atoms with E-state index in [0.717, 1.165) is 27.5 Å². The molecule has 2 aromatic rings. The molecule has 128 valence electrons. The third-order valence-electron chi connectivity index (χ3n) is 3.14. The Morgan fingerprint density at radius 2 is 1.96 bits per heavy atom. The van der Waals surface area contributed by atoms with Crippen molar-refractivity contribution < 1.29 is 14.3 Å². The normalized spacial score (nSPS) is 10.3. The predicted molar refractivity (Wildman–Crippen MR) is 103 cm³/mol. The summed E-state index contributed by atoms with van der Waals surface area (Å²) in [7, 11) is 0. The van der Waals surface area contributed by atoms with E-state index in [1.165, 1.54) is 0 Å². The summed E-state index contributed by atoms with van der Waals surface area (Å²) in [5.74, 6) is 1.14. The molecule has 4 nitrogen and oxygen atoms in total. The van der Waals surface area contributed by atoms with Gasteiger partial charge < -0.3 is 14.8 Å². The zero-order valence-electron chi connectivity index (χ0n) is 13.4. The Kier molecular flexibility index (Phi) is 7.59. The van der Waals surface area contributed by atoms with Crippen molar-refractivity contribution in [2.45, 2.75) is 19.8 Å². The van der Waals surface area contributed by atoms with E-state index in [1.807, 2.05) is 36.4 Å². The number of hydrogen-bond acceptors (Lipinski definition) is 3. The lowest BCUT2D eigenvalue weighted by atomic mass is 10.3. The highest BCUT2D eigenvalue weighted by Gasteiger charge is 2.07. The van der Waals surface area contributed by atoms with Crippen LogP contribution in [0, 0.1) is 0 Å². The van der Waals surface area contributed by atoms with E-state index >= 15 is 0 Å². The van der Waals surface area contributed by atoms with Crippen LogP contribution in [0.3, 0.4) is 0 Å². The number of halogens is 2. The van der Waals surface area contributed by atoms with Crippen LogP contribution in [-0.4, -0.2) is 19.1 Å². The zero-order chi connectivity index (χ0) is 17.4. The fourth-order valence-corrected chi connectivity index (χ4v) is 3.09. The Balaban J connectivity index is 1.86. The number of anilines is 1. The first-order valence-electron chi connectivity index (χ1n) is 7.69. The highest BCUT2D eigenvalue weighted by Crippen LogP contribution is 2.28. The first-order valence-corrected chi connectivity index (χ1v) is 9.27. The molecule has 0 fully saturated rings. The third-order valence-corrected chi connectivity index (χ3v) is 4.25. The van der Waals surface area contributed by atoms with Crippen molar-refractivity contribution in [2.24, 2.45) is 0 Å². The number of hydrogen-bond donors (Lipinski definition) is 1. The molecular formula is C18H19Br2NO3. The van der Waals surface area contributed by atoms with Crippen LogP contribution in [0.5, 0.6) is 11.5 Å². The van der Waals surface area contributed by atoms with E-state index in [-0.39, 0.29) is 12.5 Å². The van der Waals surface area contributed by atoms with Gasteiger partial charge in [0.2, 0.25) is 0 Å². The standard InChI is InChI=1S/C18H19Br2NO3/c1-2-3-9-23-15-6-4-5-14(11-15)21-18(22)12-24-17-8-7-13(19)10-16(17)20/h4-8,10-11H,2-3,9,12H2,1H3,(H,21,22). The number of unbranched alkanes of at least 4 members (excludes halogenated alkanes) is 1. The predicted octanol–water partition coefficient (Wildman–Crippen LogP) is 5.41. The highest BCUT2D eigenvalue weighted by atomic mass is 79.9. The number of nitrogens with one attached hydrogen (secondary N) is 1. The molecule has 0 spiro atoms. The van der Waals surface area contributed by atoms with Crippen molar-refractivity contribution in [1.82, 2.24) is 0 Å². The summed E-state index contributed by atoms with van der Waals surface area (Å²) in [5.41, 5.74) is 0.687. The van der Waals surface area contributed by atoms with Crippen molar-refractivity contribution in [1.29, 1.82) is 0 Å². The summed E-state index contributed by atoms with van der Waals surface area (Å²) >= 11 is 6.77. The second kappa shape index (κ2) is 9.69. The smallest absolute Gasteiger partial charge is 0.262 e. The minimum atomic E-state index is -0.226. The van der Waals surface area contributed by atoms with Crippen LogP contribution in [-0.2, 0) is 4.79 Å². The first kappa shape index (κ1) is 18.8. The molecule has 24 heavy (non-hydrogen) atoms. The van der Waals surface area contributed by atoms with Crippen LogP contribution < -0.4 is 14.8 Å². The van der Waals surface area contributed by atoms with Gasteiger partial charge in [0.05, 0.1) is 11.1 Å². The average molecular weight is 457 g/mol. The van der Waals surface area contributed by atoms with Gasteiger partial charge in [-0.15, -0.1) is 0 Å². The van der Waals surface area contributed by atoms with E-state index in [4.69, 9.17) is 9.47 Å². The number of rotatable bonds is 8. The maximum absolute atomic E-state index is 12.0. The van der Waals surface area contributed by atoms with Crippen LogP contribution in [0.4, 0.5) is 5.69 Å². The van der Waals surface area contributed by atoms with Crippen molar-refractivity contribution in [3.8, 4) is 11.5 Å². The molecule has 0 saturated heterocycles. The Morgan fingerprint density at radius 1 is 1.12 bits per heavy atom. The summed E-state index contributed by atoms with van der Waals surface area (Å²) in [6, 6.07) is 12.9. The molecule has 1 N–H and O–H groups in total. The van der Waals surface area contributed by atoms with Gasteiger partial charge in [0.1, 0.15) is 11.5 Å². The molecule has 0 radical (unpaired) electrons. The summed E-state index contributed by atoms with van der Waals surface area (Å²) in [5, 5.41) is 2.81. The molecule has 0 aromatic heterocycles. The van der Waals surface area contributed by atoms with E-state index in [0.29, 0.717) is 18.0 Å². The van der Waals surface area contributed by atoms with Gasteiger partial charge in [0, 0.05) is 16.2 Å². The maximum atomic E-state index is 12.0. The van der Waals surface area contributed by atoms with Crippen molar-refractivity contribution in [3.63, 3.8) is 0 Å². The van der Waals surface area contributed by atoms with Gasteiger partial charge in [-0.2, -0.15) is 0 Å². The molecule has 2 aromatic carbocycles. The second-order valence-corrected chi connectivity index (χ2v) is 6.91. The third kappa shape index (κ3) is 6.17. The zero-order valence-corrected chi connectivity index (χ0v) is 16.5. The molecule has 0 atom stereocenters. The summed E-state index contributed by atoms with van der Waals surface area (Å²) < 4.78 is 12.9. The summed E-state index contributed by atoms with van der Waals surface area (Å²) in [6.07, 6.45) is 2.09. The molecular weight excluding hydrogens is 438 g/mol. The molecule has 2 rings (SSSR count). The molecule has 1 amide bonds. The monoisotopic (exact) mass is 455 g/mol. The van der Waals surface area contributed by atoms with Crippen molar-refractivity contribution >= 4 is 43.5 Å². The lowest BCUT2D eigenvalue weighted by molar-refractivity contribution is -0.118. The minimum Gasteiger partial charge on any atom is -0.494 e. The van der Waals surface area contributed by atoms with Gasteiger partial charge in [0.15, 0.2) is 6.61 Å². The van der Waals surface area contributed by atoms with Crippen LogP contribution >= 0.6 is 31.9 Å². The minimum absolute atomic E-state index is 0.0683. The Hall–Kier alpha value is -1.53. The molecule has 0 heterocycles. The Bertz CT molecular complexity index is 692. The Morgan fingerprint density at radius 3 is 2.71 bits per heavy atom. The van der Waals surface area contributed by atoms with Gasteiger partial charge in [-0.25, -0.2) is 0 Å². The molecule has 0 unspecified atom stereocenters. The summed E-state index contributed by atoms with van der Waals surface area (Å²) in [4.78, 5) is 12.0. The molecule has 0 saturated carbocycles. The van der Waals surface area contributed by atoms with E-state index in [2.05, 4.69) is 44.1 Å². The number of benzene rings is 2. The average Bonchev–Trinajstić information content (AvgIpc) is 2.55. The number of amides is 1. The van der Waals surface area contributed by atoms with Gasteiger partial charge in [-0.3, -0.25) is 4.79 Å². The molecule has 6 heteroatoms. The SMILES string of the molecule is CCCCOc1cccc(NC(=O)COc2ccc(Br)cc2Br)c1. The fourth-order valence-electron chi connectivity index (χ4n) is 1.93. The summed E-state index contributed by atoms with van der Waals surface area (Å²) in [6.45, 7) is 2.72. The van der Waals surface area contributed by atoms with E-state index in [9.17, 15) is 4.79 Å². The quantitative estimate of drug-likeness (QED) is 0.540. The lowest BCUT2D eigenvalue weighted by Gasteiger charge is -2.10. The van der Waals surface area contributed by atoms with Crippen LogP contribution in [0.15, 0.2) is 51.4 Å². The van der Waals surface area contributed by atoms with Gasteiger partial charge in [-0.05, 0) is 52.7 Å². The van der Waals surface area contributed by atoms with Gasteiger partial charge in [-0.1, -0.05) is 35.3 Å². The van der Waals surface area contributed by atoms with Gasteiger partial charge >= 0.3 is 0 Å². The maximum Gasteiger partial charge on any atom is 0.262 e. The molecule has 0 aliphatic carbocycles. The van der Waals surface area contributed by atoms with E-state index in [1.54, 1.807) is 6.07 Å². The van der Waals surface area contributed by atoms with Crippen LogP contribution in [0.1, 0.15) is 19.8 Å². The topological polar surface area (TPSA) is 47.6 Å². The first-order chi connectivity index (χ1) is 11.6. The van der Waals surface area contributed by atoms with Gasteiger partial charge in [0.25, 0.3) is 5.91 Å². The second-order valence-electron chi connectivity index (χ2n) is 5.14. The highest BCUT2D eigenvalue weighted by molar-refractivity contribution is 9.11. The molecule has 0 aliphatic rings. The van der Waals surface area contributed by atoms with E-state index < -0.39 is 0 Å². The van der Waals surface area contributed by atoms with Crippen molar-refractivity contribution in [2.75, 3.05) is 18.5 Å². The van der Waals surface area contributed by atoms with Crippen molar-refractivity contribution in [3.05, 3.63) is 51.4 Å². The number of ether oxygens (including phenoxy) is 2. The number of carbonyl (C=O) groups excluding carboxylic acids is 1. The fraction of sp³-hybridized carbons (Fsp3) is 0.278. The molecule has 0 aliphatic heterocycles. The molecule has 0 bridgehead atoms. The Labute approximate surface area is 158 Å². The van der Waals surface area contributed by atoms with Crippen LogP contribution in [0.2, 0.25) is 0 Å².